The second-order valence-corrected chi connectivity index (χ2v) is 8.03. The molecule has 4 heterocycles. The molecule has 2 aliphatic rings. The summed E-state index contributed by atoms with van der Waals surface area (Å²) < 4.78 is 5.74. The Labute approximate surface area is 185 Å². The lowest BCUT2D eigenvalue weighted by Crippen LogP contribution is -2.29. The zero-order valence-electron chi connectivity index (χ0n) is 17.4. The van der Waals surface area contributed by atoms with E-state index in [9.17, 15) is 14.7 Å². The van der Waals surface area contributed by atoms with Crippen LogP contribution in [-0.4, -0.2) is 37.8 Å². The smallest absolute Gasteiger partial charge is 0.295 e. The van der Waals surface area contributed by atoms with E-state index in [0.717, 1.165) is 23.3 Å². The van der Waals surface area contributed by atoms with Crippen LogP contribution in [0.4, 0.5) is 0 Å². The maximum absolute atomic E-state index is 13.1. The quantitative estimate of drug-likeness (QED) is 0.390. The molecule has 160 valence electrons. The van der Waals surface area contributed by atoms with E-state index in [2.05, 4.69) is 9.97 Å². The van der Waals surface area contributed by atoms with Crippen molar-refractivity contribution in [3.8, 4) is 5.75 Å². The van der Waals surface area contributed by atoms with Crippen molar-refractivity contribution in [2.45, 2.75) is 32.0 Å². The second-order valence-electron chi connectivity index (χ2n) is 8.03. The predicted molar refractivity (Wildman–Crippen MR) is 117 cm³/mol. The number of Topliss-reactive ketones (excluding diaryl/α,β-unsaturated/α-hetero) is 1. The number of aromatic nitrogens is 2. The van der Waals surface area contributed by atoms with Gasteiger partial charge in [-0.1, -0.05) is 12.1 Å². The van der Waals surface area contributed by atoms with Crippen LogP contribution in [0.2, 0.25) is 0 Å². The van der Waals surface area contributed by atoms with Crippen LogP contribution in [0.5, 0.6) is 5.75 Å². The molecule has 2 aliphatic heterocycles. The highest BCUT2D eigenvalue weighted by Crippen LogP contribution is 2.41. The lowest BCUT2D eigenvalue weighted by Gasteiger charge is -2.25. The van der Waals surface area contributed by atoms with Gasteiger partial charge in [0.1, 0.15) is 17.6 Å². The van der Waals surface area contributed by atoms with Gasteiger partial charge >= 0.3 is 0 Å². The first kappa shape index (κ1) is 19.9. The third kappa shape index (κ3) is 3.41. The van der Waals surface area contributed by atoms with E-state index < -0.39 is 17.7 Å². The van der Waals surface area contributed by atoms with Crippen LogP contribution >= 0.6 is 0 Å². The van der Waals surface area contributed by atoms with Gasteiger partial charge in [-0.3, -0.25) is 19.6 Å². The average molecular weight is 427 g/mol. The lowest BCUT2D eigenvalue weighted by molar-refractivity contribution is -0.140. The van der Waals surface area contributed by atoms with Crippen molar-refractivity contribution in [3.63, 3.8) is 0 Å². The Morgan fingerprint density at radius 2 is 1.91 bits per heavy atom. The molecule has 0 radical (unpaired) electrons. The molecule has 3 aromatic rings. The van der Waals surface area contributed by atoms with Gasteiger partial charge in [-0.2, -0.15) is 0 Å². The number of ether oxygens (including phenoxy) is 1. The number of pyridine rings is 2. The van der Waals surface area contributed by atoms with E-state index in [0.29, 0.717) is 11.1 Å². The Hall–Kier alpha value is -4.00. The summed E-state index contributed by atoms with van der Waals surface area (Å²) in [6.07, 6.45) is 7.31. The molecule has 32 heavy (non-hydrogen) atoms. The first-order valence-electron chi connectivity index (χ1n) is 10.4. The van der Waals surface area contributed by atoms with Gasteiger partial charge in [-0.15, -0.1) is 0 Å². The fourth-order valence-corrected chi connectivity index (χ4v) is 4.34. The van der Waals surface area contributed by atoms with Crippen LogP contribution in [0.25, 0.3) is 5.76 Å². The molecule has 2 aromatic heterocycles. The number of fused-ring (bicyclic) bond motifs is 1. The van der Waals surface area contributed by atoms with Crippen LogP contribution in [0.1, 0.15) is 35.2 Å². The van der Waals surface area contributed by atoms with Gasteiger partial charge in [0.2, 0.25) is 0 Å². The highest BCUT2D eigenvalue weighted by Gasteiger charge is 2.46. The van der Waals surface area contributed by atoms with E-state index in [1.807, 2.05) is 19.1 Å². The Bertz CT molecular complexity index is 1220. The van der Waals surface area contributed by atoms with E-state index in [-0.39, 0.29) is 24.0 Å². The van der Waals surface area contributed by atoms with Crippen molar-refractivity contribution >= 4 is 17.4 Å². The number of aliphatic hydroxyl groups excluding tert-OH is 1. The number of hydrogen-bond donors (Lipinski definition) is 1. The minimum Gasteiger partial charge on any atom is -0.507 e. The van der Waals surface area contributed by atoms with Gasteiger partial charge in [-0.05, 0) is 53.9 Å². The van der Waals surface area contributed by atoms with Crippen molar-refractivity contribution < 1.29 is 19.4 Å². The zero-order chi connectivity index (χ0) is 22.2. The maximum atomic E-state index is 13.1. The number of amides is 1. The van der Waals surface area contributed by atoms with Gasteiger partial charge < -0.3 is 14.7 Å². The van der Waals surface area contributed by atoms with Crippen molar-refractivity contribution in [1.29, 1.82) is 0 Å². The monoisotopic (exact) mass is 427 g/mol. The minimum atomic E-state index is -0.757. The highest BCUT2D eigenvalue weighted by atomic mass is 16.5. The SMILES string of the molecule is CC1Cc2cc(/C(O)=C3\C(=O)C(=O)N(Cc4cccnc4)C3c3cccnc3)ccc2O1. The molecule has 0 saturated carbocycles. The lowest BCUT2D eigenvalue weighted by atomic mass is 9.95. The van der Waals surface area contributed by atoms with Crippen molar-refractivity contribution in [3.05, 3.63) is 95.1 Å². The summed E-state index contributed by atoms with van der Waals surface area (Å²) in [4.78, 5) is 35.9. The summed E-state index contributed by atoms with van der Waals surface area (Å²) in [7, 11) is 0. The number of likely N-dealkylation sites (tertiary alicyclic amines) is 1. The number of hydrogen-bond acceptors (Lipinski definition) is 6. The number of benzene rings is 1. The molecule has 7 nitrogen and oxygen atoms in total. The van der Waals surface area contributed by atoms with E-state index >= 15 is 0 Å². The largest absolute Gasteiger partial charge is 0.507 e. The van der Waals surface area contributed by atoms with Gasteiger partial charge in [0.15, 0.2) is 0 Å². The number of rotatable bonds is 4. The highest BCUT2D eigenvalue weighted by molar-refractivity contribution is 6.46. The summed E-state index contributed by atoms with van der Waals surface area (Å²) in [5.74, 6) is -0.809. The molecule has 0 bridgehead atoms. The Morgan fingerprint density at radius 3 is 2.62 bits per heavy atom. The maximum Gasteiger partial charge on any atom is 0.295 e. The fraction of sp³-hybridized carbons (Fsp3) is 0.200. The van der Waals surface area contributed by atoms with E-state index in [4.69, 9.17) is 4.74 Å². The van der Waals surface area contributed by atoms with Crippen LogP contribution in [0.15, 0.2) is 72.8 Å². The molecular formula is C25H21N3O4. The third-order valence-corrected chi connectivity index (χ3v) is 5.79. The molecule has 0 spiro atoms. The van der Waals surface area contributed by atoms with Gasteiger partial charge in [-0.25, -0.2) is 0 Å². The topological polar surface area (TPSA) is 92.6 Å². The number of aliphatic hydroxyl groups is 1. The first-order valence-corrected chi connectivity index (χ1v) is 10.4. The molecule has 5 rings (SSSR count). The molecular weight excluding hydrogens is 406 g/mol. The number of carbonyl (C=O) groups is 2. The summed E-state index contributed by atoms with van der Waals surface area (Å²) in [6, 6.07) is 11.7. The Morgan fingerprint density at radius 1 is 1.12 bits per heavy atom. The normalized spacial score (nSPS) is 21.5. The van der Waals surface area contributed by atoms with Crippen LogP contribution in [0.3, 0.4) is 0 Å². The molecule has 1 N–H and O–H groups in total. The first-order chi connectivity index (χ1) is 15.5. The number of nitrogens with zero attached hydrogens (tertiary/aromatic N) is 3. The van der Waals surface area contributed by atoms with Crippen LogP contribution < -0.4 is 4.74 Å². The van der Waals surface area contributed by atoms with Crippen LogP contribution in [-0.2, 0) is 22.6 Å². The van der Waals surface area contributed by atoms with E-state index in [1.54, 1.807) is 55.1 Å². The fourth-order valence-electron chi connectivity index (χ4n) is 4.34. The van der Waals surface area contributed by atoms with E-state index in [1.165, 1.54) is 4.90 Å². The average Bonchev–Trinajstić information content (AvgIpc) is 3.31. The summed E-state index contributed by atoms with van der Waals surface area (Å²) in [6.45, 7) is 2.16. The molecule has 1 fully saturated rings. The van der Waals surface area contributed by atoms with Gasteiger partial charge in [0, 0.05) is 43.3 Å². The molecule has 0 aliphatic carbocycles. The Kier molecular flexibility index (Phi) is 4.93. The van der Waals surface area contributed by atoms with Crippen molar-refractivity contribution in [2.75, 3.05) is 0 Å². The second kappa shape index (κ2) is 7.92. The zero-order valence-corrected chi connectivity index (χ0v) is 17.4. The number of ketones is 1. The van der Waals surface area contributed by atoms with Crippen molar-refractivity contribution in [1.82, 2.24) is 14.9 Å². The van der Waals surface area contributed by atoms with Gasteiger partial charge in [0.25, 0.3) is 11.7 Å². The standard InChI is InChI=1S/C25H21N3O4/c1-15-10-19-11-17(6-7-20(19)32-15)23(29)21-22(18-5-3-9-27-13-18)28(25(31)24(21)30)14-16-4-2-8-26-12-16/h2-9,11-13,15,22,29H,10,14H2,1H3/b23-21+. The molecule has 1 amide bonds. The summed E-state index contributed by atoms with van der Waals surface area (Å²) in [5.41, 5.74) is 2.93. The third-order valence-electron chi connectivity index (χ3n) is 5.79. The van der Waals surface area contributed by atoms with Crippen LogP contribution in [0, 0.1) is 0 Å². The minimum absolute atomic E-state index is 0.0544. The molecule has 2 atom stereocenters. The molecule has 7 heteroatoms. The molecule has 1 aromatic carbocycles. The Balaban J connectivity index is 1.62. The van der Waals surface area contributed by atoms with Crippen molar-refractivity contribution in [2.24, 2.45) is 0 Å². The number of carbonyl (C=O) groups excluding carboxylic acids is 2. The molecule has 2 unspecified atom stereocenters. The molecule has 1 saturated heterocycles. The predicted octanol–water partition coefficient (Wildman–Crippen LogP) is 3.42. The summed E-state index contributed by atoms with van der Waals surface area (Å²) >= 11 is 0. The van der Waals surface area contributed by atoms with Gasteiger partial charge in [0.05, 0.1) is 11.6 Å². The summed E-state index contributed by atoms with van der Waals surface area (Å²) in [5, 5.41) is 11.2.